The maximum atomic E-state index is 9.87. The van der Waals surface area contributed by atoms with E-state index in [2.05, 4.69) is 15.3 Å². The number of aromatic nitrogens is 2. The summed E-state index contributed by atoms with van der Waals surface area (Å²) in [6.45, 7) is 0.683. The summed E-state index contributed by atoms with van der Waals surface area (Å²) < 4.78 is 0. The molecule has 19 heavy (non-hydrogen) atoms. The molecule has 0 spiro atoms. The van der Waals surface area contributed by atoms with E-state index in [0.29, 0.717) is 18.0 Å². The molecule has 2 heterocycles. The van der Waals surface area contributed by atoms with E-state index in [0.717, 1.165) is 17.0 Å². The first-order chi connectivity index (χ1) is 9.24. The van der Waals surface area contributed by atoms with Gasteiger partial charge in [-0.25, -0.2) is 15.3 Å². The van der Waals surface area contributed by atoms with E-state index >= 15 is 0 Å². The van der Waals surface area contributed by atoms with Gasteiger partial charge >= 0.3 is 0 Å². The molecule has 4 nitrogen and oxygen atoms in total. The summed E-state index contributed by atoms with van der Waals surface area (Å²) in [7, 11) is 0. The average molecular weight is 275 g/mol. The predicted molar refractivity (Wildman–Crippen MR) is 72.8 cm³/mol. The molecule has 1 radical (unpaired) electrons. The van der Waals surface area contributed by atoms with Gasteiger partial charge in [0.1, 0.15) is 6.33 Å². The average Bonchev–Trinajstić information content (AvgIpc) is 2.85. The second kappa shape index (κ2) is 5.25. The van der Waals surface area contributed by atoms with Crippen LogP contribution in [0.1, 0.15) is 18.2 Å². The van der Waals surface area contributed by atoms with Gasteiger partial charge < -0.3 is 5.11 Å². The van der Waals surface area contributed by atoms with Gasteiger partial charge in [-0.05, 0) is 24.6 Å². The molecule has 5 heteroatoms. The fourth-order valence-electron chi connectivity index (χ4n) is 2.26. The van der Waals surface area contributed by atoms with Gasteiger partial charge in [0.05, 0.1) is 23.5 Å². The topological polar surface area (TPSA) is 60.1 Å². The Morgan fingerprint density at radius 2 is 2.11 bits per heavy atom. The highest BCUT2D eigenvalue weighted by atomic mass is 35.5. The number of hydrogen-bond donors (Lipinski definition) is 1. The van der Waals surface area contributed by atoms with Crippen molar-refractivity contribution in [3.05, 3.63) is 47.4 Å². The highest BCUT2D eigenvalue weighted by Crippen LogP contribution is 2.27. The smallest absolute Gasteiger partial charge is 0.116 e. The lowest BCUT2D eigenvalue weighted by molar-refractivity contribution is 0.157. The summed E-state index contributed by atoms with van der Waals surface area (Å²) in [5.74, 6) is 0. The molecule has 0 amide bonds. The first-order valence-corrected chi connectivity index (χ1v) is 6.54. The van der Waals surface area contributed by atoms with E-state index in [1.807, 2.05) is 30.3 Å². The molecule has 1 fully saturated rings. The maximum absolute atomic E-state index is 9.87. The van der Waals surface area contributed by atoms with E-state index in [4.69, 9.17) is 11.6 Å². The Morgan fingerprint density at radius 1 is 1.21 bits per heavy atom. The van der Waals surface area contributed by atoms with Crippen molar-refractivity contribution in [3.63, 3.8) is 0 Å². The van der Waals surface area contributed by atoms with Crippen molar-refractivity contribution in [1.29, 1.82) is 0 Å². The van der Waals surface area contributed by atoms with Crippen LogP contribution in [0.25, 0.3) is 11.3 Å². The molecule has 0 saturated carbocycles. The summed E-state index contributed by atoms with van der Waals surface area (Å²) in [5.41, 5.74) is 2.49. The van der Waals surface area contributed by atoms with Crippen LogP contribution in [0, 0.1) is 0 Å². The minimum Gasteiger partial charge on any atom is -0.391 e. The van der Waals surface area contributed by atoms with Gasteiger partial charge in [0.2, 0.25) is 0 Å². The van der Waals surface area contributed by atoms with Crippen molar-refractivity contribution in [1.82, 2.24) is 15.3 Å². The molecule has 97 valence electrons. The molecule has 1 aliphatic heterocycles. The second-order valence-corrected chi connectivity index (χ2v) is 4.98. The summed E-state index contributed by atoms with van der Waals surface area (Å²) in [5, 5.41) is 14.9. The molecule has 0 aliphatic carbocycles. The number of hydrogen-bond acceptors (Lipinski definition) is 3. The molecule has 2 aromatic rings. The van der Waals surface area contributed by atoms with Gasteiger partial charge in [0.25, 0.3) is 0 Å². The van der Waals surface area contributed by atoms with E-state index in [1.54, 1.807) is 0 Å². The largest absolute Gasteiger partial charge is 0.391 e. The van der Waals surface area contributed by atoms with Crippen molar-refractivity contribution in [3.8, 4) is 11.3 Å². The molecular weight excluding hydrogens is 262 g/mol. The van der Waals surface area contributed by atoms with Crippen molar-refractivity contribution in [2.24, 2.45) is 0 Å². The predicted octanol–water partition coefficient (Wildman–Crippen LogP) is 2.21. The van der Waals surface area contributed by atoms with E-state index in [9.17, 15) is 5.11 Å². The van der Waals surface area contributed by atoms with Gasteiger partial charge in [-0.2, -0.15) is 0 Å². The molecule has 1 aliphatic rings. The summed E-state index contributed by atoms with van der Waals surface area (Å²) in [4.78, 5) is 8.48. The Kier molecular flexibility index (Phi) is 3.46. The first-order valence-electron chi connectivity index (χ1n) is 6.16. The summed E-state index contributed by atoms with van der Waals surface area (Å²) in [6, 6.07) is 9.14. The highest BCUT2D eigenvalue weighted by molar-refractivity contribution is 6.30. The Bertz CT molecular complexity index is 590. The van der Waals surface area contributed by atoms with Crippen LogP contribution in [0.4, 0.5) is 0 Å². The van der Waals surface area contributed by atoms with Crippen LogP contribution in [0.5, 0.6) is 0 Å². The highest BCUT2D eigenvalue weighted by Gasteiger charge is 2.28. The minimum absolute atomic E-state index is 0.235. The molecule has 3 rings (SSSR count). The molecule has 0 bridgehead atoms. The van der Waals surface area contributed by atoms with Crippen LogP contribution in [0.3, 0.4) is 0 Å². The summed E-state index contributed by atoms with van der Waals surface area (Å²) in [6.07, 6.45) is 1.76. The van der Waals surface area contributed by atoms with Crippen LogP contribution in [-0.2, 0) is 0 Å². The molecule has 1 aromatic carbocycles. The van der Waals surface area contributed by atoms with Gasteiger partial charge in [-0.1, -0.05) is 23.7 Å². The van der Waals surface area contributed by atoms with Crippen LogP contribution in [0.15, 0.2) is 36.7 Å². The summed E-state index contributed by atoms with van der Waals surface area (Å²) >= 11 is 5.98. The fourth-order valence-corrected chi connectivity index (χ4v) is 2.45. The third-order valence-electron chi connectivity index (χ3n) is 3.23. The lowest BCUT2D eigenvalue weighted by Crippen LogP contribution is -2.17. The Morgan fingerprint density at radius 3 is 2.84 bits per heavy atom. The van der Waals surface area contributed by atoms with Crippen molar-refractivity contribution in [2.45, 2.75) is 18.6 Å². The molecule has 1 saturated heterocycles. The third kappa shape index (κ3) is 2.61. The monoisotopic (exact) mass is 274 g/mol. The number of aliphatic hydroxyl groups is 1. The zero-order valence-electron chi connectivity index (χ0n) is 10.2. The van der Waals surface area contributed by atoms with Crippen LogP contribution in [0.2, 0.25) is 5.02 Å². The van der Waals surface area contributed by atoms with Crippen molar-refractivity contribution < 1.29 is 5.11 Å². The Labute approximate surface area is 116 Å². The van der Waals surface area contributed by atoms with Crippen LogP contribution >= 0.6 is 11.6 Å². The fraction of sp³-hybridized carbons (Fsp3) is 0.286. The lowest BCUT2D eigenvalue weighted by atomic mass is 10.1. The molecule has 1 unspecified atom stereocenters. The first kappa shape index (κ1) is 12.5. The molecule has 1 aromatic heterocycles. The van der Waals surface area contributed by atoms with E-state index < -0.39 is 6.10 Å². The molecule has 1 N–H and O–H groups in total. The zero-order chi connectivity index (χ0) is 13.2. The number of nitrogens with zero attached hydrogens (tertiary/aromatic N) is 3. The molecule has 2 atom stereocenters. The van der Waals surface area contributed by atoms with Gasteiger partial charge in [0.15, 0.2) is 0 Å². The quantitative estimate of drug-likeness (QED) is 0.913. The number of aliphatic hydroxyl groups excluding tert-OH is 1. The van der Waals surface area contributed by atoms with E-state index in [1.165, 1.54) is 6.33 Å². The van der Waals surface area contributed by atoms with Crippen LogP contribution < -0.4 is 5.32 Å². The Hall–Kier alpha value is -1.49. The minimum atomic E-state index is -0.442. The second-order valence-electron chi connectivity index (χ2n) is 4.55. The third-order valence-corrected chi connectivity index (χ3v) is 3.46. The van der Waals surface area contributed by atoms with Gasteiger partial charge in [0, 0.05) is 17.1 Å². The number of benzene rings is 1. The van der Waals surface area contributed by atoms with Crippen LogP contribution in [-0.4, -0.2) is 27.7 Å². The van der Waals surface area contributed by atoms with Crippen molar-refractivity contribution in [2.75, 3.05) is 6.54 Å². The number of halogens is 1. The Balaban J connectivity index is 1.96. The van der Waals surface area contributed by atoms with E-state index in [-0.39, 0.29) is 6.04 Å². The number of rotatable bonds is 2. The molecular formula is C14H13ClN3O. The van der Waals surface area contributed by atoms with Gasteiger partial charge in [-0.3, -0.25) is 0 Å². The SMILES string of the molecule is O[C@@H]1CC[N]C1c1cc(-c2cccc(Cl)c2)ncn1. The lowest BCUT2D eigenvalue weighted by Gasteiger charge is -2.13. The van der Waals surface area contributed by atoms with Gasteiger partial charge in [-0.15, -0.1) is 0 Å². The maximum Gasteiger partial charge on any atom is 0.116 e. The zero-order valence-corrected chi connectivity index (χ0v) is 11.0. The normalized spacial score (nSPS) is 22.6. The van der Waals surface area contributed by atoms with Crippen molar-refractivity contribution >= 4 is 11.6 Å². The standard InChI is InChI=1S/C14H13ClN3O/c15-10-3-1-2-9(6-10)11-7-12(18-8-17-11)14-13(19)4-5-16-14/h1-3,6-8,13-14,19H,4-5H2/t13-,14?/m1/s1.